The van der Waals surface area contributed by atoms with Crippen LogP contribution in [0.25, 0.3) is 6.08 Å². The Labute approximate surface area is 122 Å². The molecule has 112 valence electrons. The Bertz CT molecular complexity index is 591. The molecule has 1 fully saturated rings. The first kappa shape index (κ1) is 15.0. The van der Waals surface area contributed by atoms with Gasteiger partial charge in [0.25, 0.3) is 0 Å². The Morgan fingerprint density at radius 1 is 1.48 bits per heavy atom. The molecule has 1 aromatic rings. The summed E-state index contributed by atoms with van der Waals surface area (Å²) < 4.78 is 9.65. The second-order valence-corrected chi connectivity index (χ2v) is 4.78. The average Bonchev–Trinajstić information content (AvgIpc) is 3.29. The lowest BCUT2D eigenvalue weighted by Crippen LogP contribution is -2.10. The lowest BCUT2D eigenvalue weighted by Gasteiger charge is -2.07. The van der Waals surface area contributed by atoms with Gasteiger partial charge < -0.3 is 15.2 Å². The number of nitrogens with zero attached hydrogens (tertiary/aromatic N) is 1. The Morgan fingerprint density at radius 3 is 2.71 bits per heavy atom. The van der Waals surface area contributed by atoms with Gasteiger partial charge in [0.15, 0.2) is 0 Å². The molecular weight excluding hydrogens is 272 g/mol. The Hall–Kier alpha value is -2.37. The lowest BCUT2D eigenvalue weighted by atomic mass is 10.1. The smallest absolute Gasteiger partial charge is 0.339 e. The number of hydrogen-bond donors (Lipinski definition) is 1. The summed E-state index contributed by atoms with van der Waals surface area (Å²) in [5.74, 6) is -0.624. The lowest BCUT2D eigenvalue weighted by molar-refractivity contribution is -0.138. The van der Waals surface area contributed by atoms with E-state index in [2.05, 4.69) is 9.72 Å². The second kappa shape index (κ2) is 6.39. The molecule has 1 heterocycles. The zero-order chi connectivity index (χ0) is 15.4. The molecule has 0 aliphatic heterocycles. The van der Waals surface area contributed by atoms with Gasteiger partial charge in [0, 0.05) is 11.8 Å². The van der Waals surface area contributed by atoms with Crippen LogP contribution in [0.4, 0.5) is 5.69 Å². The van der Waals surface area contributed by atoms with Crippen molar-refractivity contribution in [3.05, 3.63) is 29.1 Å². The summed E-state index contributed by atoms with van der Waals surface area (Å²) in [6.45, 7) is 2.09. The number of nitrogen functional groups attached to an aromatic ring is 1. The van der Waals surface area contributed by atoms with Gasteiger partial charge in [-0.05, 0) is 37.8 Å². The van der Waals surface area contributed by atoms with Crippen LogP contribution in [0.3, 0.4) is 0 Å². The number of methoxy groups -OCH3 is 1. The highest BCUT2D eigenvalue weighted by molar-refractivity contribution is 5.96. The predicted molar refractivity (Wildman–Crippen MR) is 77.3 cm³/mol. The molecular formula is C15H18N2O4. The van der Waals surface area contributed by atoms with E-state index in [0.717, 1.165) is 12.8 Å². The summed E-state index contributed by atoms with van der Waals surface area (Å²) in [6, 6.07) is 1.49. The number of rotatable bonds is 5. The number of ether oxygens (including phenoxy) is 2. The molecule has 0 bridgehead atoms. The number of nitrogens with two attached hydrogens (primary N) is 1. The minimum Gasteiger partial charge on any atom is -0.465 e. The maximum Gasteiger partial charge on any atom is 0.339 e. The molecule has 21 heavy (non-hydrogen) atoms. The molecule has 1 saturated carbocycles. The molecule has 0 saturated heterocycles. The highest BCUT2D eigenvalue weighted by atomic mass is 16.5. The second-order valence-electron chi connectivity index (χ2n) is 4.78. The molecule has 1 aromatic heterocycles. The fraction of sp³-hybridized carbons (Fsp3) is 0.400. The highest BCUT2D eigenvalue weighted by Crippen LogP contribution is 2.38. The van der Waals surface area contributed by atoms with E-state index in [9.17, 15) is 9.59 Å². The maximum absolute atomic E-state index is 11.9. The SMILES string of the molecule is CCOC(=O)/C(=C\c1ncc(C(=O)OC)cc1N)C1CC1. The summed E-state index contributed by atoms with van der Waals surface area (Å²) in [5, 5.41) is 0. The Morgan fingerprint density at radius 2 is 2.19 bits per heavy atom. The number of aromatic nitrogens is 1. The molecule has 0 aromatic carbocycles. The Balaban J connectivity index is 2.29. The van der Waals surface area contributed by atoms with Gasteiger partial charge in [-0.1, -0.05) is 0 Å². The molecule has 6 nitrogen and oxygen atoms in total. The van der Waals surface area contributed by atoms with Crippen LogP contribution in [0, 0.1) is 5.92 Å². The third kappa shape index (κ3) is 3.59. The summed E-state index contributed by atoms with van der Waals surface area (Å²) in [4.78, 5) is 27.5. The monoisotopic (exact) mass is 290 g/mol. The van der Waals surface area contributed by atoms with Crippen LogP contribution in [0.5, 0.6) is 0 Å². The predicted octanol–water partition coefficient (Wildman–Crippen LogP) is 1.81. The number of hydrogen-bond acceptors (Lipinski definition) is 6. The quantitative estimate of drug-likeness (QED) is 0.657. The minimum atomic E-state index is -0.502. The van der Waals surface area contributed by atoms with Gasteiger partial charge in [-0.3, -0.25) is 4.98 Å². The maximum atomic E-state index is 11.9. The van der Waals surface area contributed by atoms with Gasteiger partial charge >= 0.3 is 11.9 Å². The standard InChI is InChI=1S/C15H18N2O4/c1-3-21-15(19)11(9-4-5-9)7-13-12(16)6-10(8-17-13)14(18)20-2/h6-9H,3-5,16H2,1-2H3/b11-7-. The molecule has 2 rings (SSSR count). The normalized spacial score (nSPS) is 14.7. The summed E-state index contributed by atoms with van der Waals surface area (Å²) in [5.41, 5.74) is 7.53. The van der Waals surface area contributed by atoms with Crippen molar-refractivity contribution in [1.82, 2.24) is 4.98 Å². The molecule has 0 atom stereocenters. The minimum absolute atomic E-state index is 0.213. The first-order valence-corrected chi connectivity index (χ1v) is 6.79. The fourth-order valence-electron chi connectivity index (χ4n) is 1.94. The van der Waals surface area contributed by atoms with Gasteiger partial charge in [0.1, 0.15) is 0 Å². The van der Waals surface area contributed by atoms with E-state index in [-0.39, 0.29) is 17.5 Å². The molecule has 1 aliphatic carbocycles. The topological polar surface area (TPSA) is 91.5 Å². The first-order chi connectivity index (χ1) is 10.1. The van der Waals surface area contributed by atoms with Crippen molar-refractivity contribution < 1.29 is 19.1 Å². The van der Waals surface area contributed by atoms with Crippen LogP contribution in [0.2, 0.25) is 0 Å². The molecule has 0 unspecified atom stereocenters. The third-order valence-corrected chi connectivity index (χ3v) is 3.19. The van der Waals surface area contributed by atoms with Gasteiger partial charge in [0.2, 0.25) is 0 Å². The third-order valence-electron chi connectivity index (χ3n) is 3.19. The highest BCUT2D eigenvalue weighted by Gasteiger charge is 2.31. The number of pyridine rings is 1. The fourth-order valence-corrected chi connectivity index (χ4v) is 1.94. The van der Waals surface area contributed by atoms with Crippen molar-refractivity contribution in [3.8, 4) is 0 Å². The van der Waals surface area contributed by atoms with Crippen LogP contribution in [-0.4, -0.2) is 30.6 Å². The van der Waals surface area contributed by atoms with Crippen molar-refractivity contribution in [2.75, 3.05) is 19.5 Å². The number of carbonyl (C=O) groups is 2. The van der Waals surface area contributed by atoms with Gasteiger partial charge in [-0.15, -0.1) is 0 Å². The van der Waals surface area contributed by atoms with E-state index in [4.69, 9.17) is 10.5 Å². The molecule has 0 amide bonds. The van der Waals surface area contributed by atoms with Crippen LogP contribution < -0.4 is 5.73 Å². The van der Waals surface area contributed by atoms with E-state index in [1.165, 1.54) is 19.4 Å². The number of carbonyl (C=O) groups excluding carboxylic acids is 2. The van der Waals surface area contributed by atoms with Gasteiger partial charge in [-0.25, -0.2) is 9.59 Å². The number of esters is 2. The van der Waals surface area contributed by atoms with E-state index in [1.807, 2.05) is 0 Å². The van der Waals surface area contributed by atoms with Crippen molar-refractivity contribution in [1.29, 1.82) is 0 Å². The van der Waals surface area contributed by atoms with Crippen LogP contribution in [-0.2, 0) is 14.3 Å². The van der Waals surface area contributed by atoms with E-state index >= 15 is 0 Å². The van der Waals surface area contributed by atoms with Crippen molar-refractivity contribution in [3.63, 3.8) is 0 Å². The van der Waals surface area contributed by atoms with Crippen LogP contribution >= 0.6 is 0 Å². The van der Waals surface area contributed by atoms with E-state index < -0.39 is 5.97 Å². The zero-order valence-corrected chi connectivity index (χ0v) is 12.1. The first-order valence-electron chi connectivity index (χ1n) is 6.79. The van der Waals surface area contributed by atoms with Gasteiger partial charge in [-0.2, -0.15) is 0 Å². The average molecular weight is 290 g/mol. The van der Waals surface area contributed by atoms with Gasteiger partial charge in [0.05, 0.1) is 30.7 Å². The van der Waals surface area contributed by atoms with Crippen LogP contribution in [0.1, 0.15) is 35.8 Å². The molecule has 6 heteroatoms. The Kier molecular flexibility index (Phi) is 4.57. The zero-order valence-electron chi connectivity index (χ0n) is 12.1. The number of anilines is 1. The van der Waals surface area contributed by atoms with Crippen molar-refractivity contribution in [2.24, 2.45) is 5.92 Å². The molecule has 1 aliphatic rings. The summed E-state index contributed by atoms with van der Waals surface area (Å²) in [7, 11) is 1.29. The van der Waals surface area contributed by atoms with Crippen LogP contribution in [0.15, 0.2) is 17.8 Å². The van der Waals surface area contributed by atoms with E-state index in [0.29, 0.717) is 23.6 Å². The molecule has 0 radical (unpaired) electrons. The summed E-state index contributed by atoms with van der Waals surface area (Å²) >= 11 is 0. The van der Waals surface area contributed by atoms with E-state index in [1.54, 1.807) is 13.0 Å². The largest absolute Gasteiger partial charge is 0.465 e. The van der Waals surface area contributed by atoms with Crippen molar-refractivity contribution >= 4 is 23.7 Å². The molecule has 0 spiro atoms. The molecule has 2 N–H and O–H groups in total. The summed E-state index contributed by atoms with van der Waals surface area (Å²) in [6.07, 6.45) is 4.95. The van der Waals surface area contributed by atoms with Crippen molar-refractivity contribution in [2.45, 2.75) is 19.8 Å².